The van der Waals surface area contributed by atoms with Crippen LogP contribution in [0.15, 0.2) is 6.07 Å². The summed E-state index contributed by atoms with van der Waals surface area (Å²) in [4.78, 5) is 0. The van der Waals surface area contributed by atoms with Gasteiger partial charge in [-0.25, -0.2) is 0 Å². The number of hydrogen-bond donors (Lipinski definition) is 0. The number of aromatic nitrogens is 2. The van der Waals surface area contributed by atoms with Crippen molar-refractivity contribution in [2.45, 2.75) is 39.4 Å². The van der Waals surface area contributed by atoms with Crippen LogP contribution in [0.1, 0.15) is 30.5 Å². The van der Waals surface area contributed by atoms with Gasteiger partial charge in [-0.2, -0.15) is 5.10 Å². The second-order valence-electron chi connectivity index (χ2n) is 4.47. The summed E-state index contributed by atoms with van der Waals surface area (Å²) in [5, 5.41) is 7.97. The van der Waals surface area contributed by atoms with Gasteiger partial charge in [-0.1, -0.05) is 0 Å². The summed E-state index contributed by atoms with van der Waals surface area (Å²) in [7, 11) is 0. The van der Waals surface area contributed by atoms with Crippen LogP contribution in [0.5, 0.6) is 5.88 Å². The van der Waals surface area contributed by atoms with Crippen LogP contribution in [0.4, 0.5) is 0 Å². The minimum absolute atomic E-state index is 0.0619. The number of aryl methyl sites for hydroxylation is 2. The van der Waals surface area contributed by atoms with Crippen LogP contribution in [0.25, 0.3) is 0 Å². The average Bonchev–Trinajstić information content (AvgIpc) is 2.40. The molecule has 1 atom stereocenters. The number of ether oxygens (including phenoxy) is 3. The third-order valence-corrected chi connectivity index (χ3v) is 2.98. The van der Waals surface area contributed by atoms with Crippen molar-refractivity contribution in [1.82, 2.24) is 10.2 Å². The second-order valence-corrected chi connectivity index (χ2v) is 4.47. The van der Waals surface area contributed by atoms with Gasteiger partial charge in [0.05, 0.1) is 12.3 Å². The molecule has 0 saturated carbocycles. The summed E-state index contributed by atoms with van der Waals surface area (Å²) in [6.45, 7) is 5.70. The van der Waals surface area contributed by atoms with E-state index in [1.54, 1.807) is 0 Å². The summed E-state index contributed by atoms with van der Waals surface area (Å²) < 4.78 is 16.5. The number of rotatable bonds is 5. The molecule has 0 aromatic carbocycles. The van der Waals surface area contributed by atoms with Gasteiger partial charge in [0.2, 0.25) is 5.88 Å². The van der Waals surface area contributed by atoms with Crippen LogP contribution in [0.2, 0.25) is 0 Å². The molecule has 1 saturated heterocycles. The Hall–Kier alpha value is -1.20. The van der Waals surface area contributed by atoms with Crippen molar-refractivity contribution in [3.05, 3.63) is 17.3 Å². The topological polar surface area (TPSA) is 53.5 Å². The highest BCUT2D eigenvalue weighted by atomic mass is 16.7. The van der Waals surface area contributed by atoms with Crippen LogP contribution >= 0.6 is 0 Å². The van der Waals surface area contributed by atoms with E-state index >= 15 is 0 Å². The Bertz CT molecular complexity index is 378. The average molecular weight is 252 g/mol. The summed E-state index contributed by atoms with van der Waals surface area (Å²) >= 11 is 0. The number of nitrogens with zero attached hydrogens (tertiary/aromatic N) is 2. The van der Waals surface area contributed by atoms with E-state index in [1.165, 1.54) is 6.42 Å². The first-order chi connectivity index (χ1) is 8.75. The third-order valence-electron chi connectivity index (χ3n) is 2.98. The molecule has 1 aliphatic rings. The molecule has 18 heavy (non-hydrogen) atoms. The van der Waals surface area contributed by atoms with Crippen molar-refractivity contribution in [3.63, 3.8) is 0 Å². The molecule has 5 nitrogen and oxygen atoms in total. The van der Waals surface area contributed by atoms with E-state index in [4.69, 9.17) is 14.2 Å². The maximum absolute atomic E-state index is 5.56. The lowest BCUT2D eigenvalue weighted by molar-refractivity contribution is -0.165. The zero-order valence-electron chi connectivity index (χ0n) is 11.0. The van der Waals surface area contributed by atoms with E-state index in [9.17, 15) is 0 Å². The molecular formula is C13H20N2O3. The maximum atomic E-state index is 5.56. The molecular weight excluding hydrogens is 232 g/mol. The maximum Gasteiger partial charge on any atom is 0.233 e. The first-order valence-electron chi connectivity index (χ1n) is 6.42. The van der Waals surface area contributed by atoms with Crippen LogP contribution in [-0.2, 0) is 9.47 Å². The van der Waals surface area contributed by atoms with Gasteiger partial charge in [0.15, 0.2) is 6.29 Å². The lowest BCUT2D eigenvalue weighted by atomic mass is 10.2. The molecule has 1 aliphatic heterocycles. The monoisotopic (exact) mass is 252 g/mol. The summed E-state index contributed by atoms with van der Waals surface area (Å²) in [5.41, 5.74) is 2.01. The molecule has 0 radical (unpaired) electrons. The Labute approximate surface area is 107 Å². The van der Waals surface area contributed by atoms with Crippen molar-refractivity contribution in [2.75, 3.05) is 19.8 Å². The lowest BCUT2D eigenvalue weighted by Crippen LogP contribution is -2.24. The predicted octanol–water partition coefficient (Wildman–Crippen LogP) is 2.02. The van der Waals surface area contributed by atoms with Crippen LogP contribution in [0, 0.1) is 13.8 Å². The molecule has 0 N–H and O–H groups in total. The molecule has 0 unspecified atom stereocenters. The van der Waals surface area contributed by atoms with Crippen LogP contribution < -0.4 is 4.74 Å². The zero-order chi connectivity index (χ0) is 12.8. The Kier molecular flexibility index (Phi) is 4.90. The quantitative estimate of drug-likeness (QED) is 0.750. The predicted molar refractivity (Wildman–Crippen MR) is 66.5 cm³/mol. The van der Waals surface area contributed by atoms with Crippen molar-refractivity contribution >= 4 is 0 Å². The Morgan fingerprint density at radius 2 is 2.17 bits per heavy atom. The molecule has 0 spiro atoms. The highest BCUT2D eigenvalue weighted by Gasteiger charge is 2.13. The number of hydrogen-bond acceptors (Lipinski definition) is 5. The highest BCUT2D eigenvalue weighted by Crippen LogP contribution is 2.14. The molecule has 1 fully saturated rings. The Morgan fingerprint density at radius 3 is 2.89 bits per heavy atom. The Balaban J connectivity index is 1.66. The van der Waals surface area contributed by atoms with E-state index < -0.39 is 0 Å². The third kappa shape index (κ3) is 3.92. The first kappa shape index (κ1) is 13.2. The minimum atomic E-state index is -0.0619. The normalized spacial score (nSPS) is 19.8. The van der Waals surface area contributed by atoms with E-state index in [0.29, 0.717) is 19.1 Å². The molecule has 0 bridgehead atoms. The van der Waals surface area contributed by atoms with Gasteiger partial charge in [0.1, 0.15) is 6.61 Å². The van der Waals surface area contributed by atoms with Crippen molar-refractivity contribution in [1.29, 1.82) is 0 Å². The molecule has 0 aliphatic carbocycles. The lowest BCUT2D eigenvalue weighted by Gasteiger charge is -2.22. The molecule has 0 amide bonds. The fourth-order valence-corrected chi connectivity index (χ4v) is 1.76. The molecule has 2 heterocycles. The van der Waals surface area contributed by atoms with Gasteiger partial charge in [-0.15, -0.1) is 5.10 Å². The van der Waals surface area contributed by atoms with Gasteiger partial charge in [-0.05, 0) is 38.7 Å². The molecule has 5 heteroatoms. The SMILES string of the molecule is Cc1cc(OCCO[C@H]2CCCCO2)nnc1C. The van der Waals surface area contributed by atoms with Crippen molar-refractivity contribution in [3.8, 4) is 5.88 Å². The smallest absolute Gasteiger partial charge is 0.233 e. The highest BCUT2D eigenvalue weighted by molar-refractivity contribution is 5.21. The van der Waals surface area contributed by atoms with Crippen molar-refractivity contribution < 1.29 is 14.2 Å². The van der Waals surface area contributed by atoms with Gasteiger partial charge < -0.3 is 14.2 Å². The van der Waals surface area contributed by atoms with Crippen LogP contribution in [-0.4, -0.2) is 36.3 Å². The fourth-order valence-electron chi connectivity index (χ4n) is 1.76. The first-order valence-corrected chi connectivity index (χ1v) is 6.42. The van der Waals surface area contributed by atoms with E-state index in [1.807, 2.05) is 19.9 Å². The van der Waals surface area contributed by atoms with E-state index in [-0.39, 0.29) is 6.29 Å². The van der Waals surface area contributed by atoms with Crippen molar-refractivity contribution in [2.24, 2.45) is 0 Å². The van der Waals surface area contributed by atoms with Gasteiger partial charge >= 0.3 is 0 Å². The molecule has 1 aromatic rings. The molecule has 1 aromatic heterocycles. The minimum Gasteiger partial charge on any atom is -0.474 e. The standard InChI is InChI=1S/C13H20N2O3/c1-10-9-12(15-14-11(10)2)16-7-8-18-13-5-3-4-6-17-13/h9,13H,3-8H2,1-2H3/t13-/m0/s1. The molecule has 2 rings (SSSR count). The second kappa shape index (κ2) is 6.66. The molecule has 100 valence electrons. The van der Waals surface area contributed by atoms with Gasteiger partial charge in [-0.3, -0.25) is 0 Å². The summed E-state index contributed by atoms with van der Waals surface area (Å²) in [6, 6.07) is 1.89. The van der Waals surface area contributed by atoms with Gasteiger partial charge in [0, 0.05) is 12.7 Å². The fraction of sp³-hybridized carbons (Fsp3) is 0.692. The van der Waals surface area contributed by atoms with Crippen LogP contribution in [0.3, 0.4) is 0 Å². The largest absolute Gasteiger partial charge is 0.474 e. The van der Waals surface area contributed by atoms with E-state index in [0.717, 1.165) is 30.7 Å². The summed E-state index contributed by atoms with van der Waals surface area (Å²) in [5.74, 6) is 0.547. The zero-order valence-corrected chi connectivity index (χ0v) is 11.0. The van der Waals surface area contributed by atoms with Gasteiger partial charge in [0.25, 0.3) is 0 Å². The summed E-state index contributed by atoms with van der Waals surface area (Å²) in [6.07, 6.45) is 3.22. The Morgan fingerprint density at radius 1 is 1.28 bits per heavy atom. The van der Waals surface area contributed by atoms with E-state index in [2.05, 4.69) is 10.2 Å².